The van der Waals surface area contributed by atoms with Crippen molar-refractivity contribution in [1.29, 1.82) is 0 Å². The molecular formula is C17H21NO2S. The Kier molecular flexibility index (Phi) is 3.36. The lowest BCUT2D eigenvalue weighted by atomic mass is 10.1. The Bertz CT molecular complexity index is 675. The monoisotopic (exact) mass is 303 g/mol. The number of aryl methyl sites for hydroxylation is 2. The van der Waals surface area contributed by atoms with Gasteiger partial charge in [-0.3, -0.25) is 0 Å². The molecule has 4 heteroatoms. The highest BCUT2D eigenvalue weighted by Gasteiger charge is 2.31. The van der Waals surface area contributed by atoms with E-state index in [4.69, 9.17) is 9.47 Å². The van der Waals surface area contributed by atoms with E-state index in [0.29, 0.717) is 0 Å². The van der Waals surface area contributed by atoms with Crippen LogP contribution in [0.5, 0.6) is 11.5 Å². The quantitative estimate of drug-likeness (QED) is 0.861. The average molecular weight is 303 g/mol. The second-order valence-electron chi connectivity index (χ2n) is 6.00. The molecule has 21 heavy (non-hydrogen) atoms. The van der Waals surface area contributed by atoms with E-state index < -0.39 is 5.79 Å². The third kappa shape index (κ3) is 2.86. The lowest BCUT2D eigenvalue weighted by Crippen LogP contribution is -2.29. The first-order valence-corrected chi connectivity index (χ1v) is 8.01. The first-order chi connectivity index (χ1) is 9.84. The minimum Gasteiger partial charge on any atom is -0.449 e. The molecule has 1 aliphatic heterocycles. The third-order valence-corrected chi connectivity index (χ3v) is 4.57. The van der Waals surface area contributed by atoms with Gasteiger partial charge in [-0.25, -0.2) is 0 Å². The summed E-state index contributed by atoms with van der Waals surface area (Å²) >= 11 is 1.84. The van der Waals surface area contributed by atoms with Crippen molar-refractivity contribution in [1.82, 2.24) is 0 Å². The van der Waals surface area contributed by atoms with Crippen molar-refractivity contribution in [2.75, 3.05) is 5.32 Å². The highest BCUT2D eigenvalue weighted by atomic mass is 32.1. The molecule has 0 saturated carbocycles. The summed E-state index contributed by atoms with van der Waals surface area (Å²) in [4.78, 5) is 2.72. The fourth-order valence-corrected chi connectivity index (χ4v) is 3.74. The first-order valence-electron chi connectivity index (χ1n) is 7.19. The van der Waals surface area contributed by atoms with Gasteiger partial charge in [0, 0.05) is 41.4 Å². The molecule has 112 valence electrons. The Balaban J connectivity index is 1.79. The predicted octanol–water partition coefficient (Wildman–Crippen LogP) is 5.05. The maximum absolute atomic E-state index is 5.79. The van der Waals surface area contributed by atoms with Crippen LogP contribution in [0, 0.1) is 13.8 Å². The van der Waals surface area contributed by atoms with E-state index >= 15 is 0 Å². The van der Waals surface area contributed by atoms with Gasteiger partial charge in [0.05, 0.1) is 0 Å². The summed E-state index contributed by atoms with van der Waals surface area (Å²) < 4.78 is 11.5. The zero-order valence-corrected chi connectivity index (χ0v) is 13.9. The molecule has 0 radical (unpaired) electrons. The van der Waals surface area contributed by atoms with Gasteiger partial charge in [-0.05, 0) is 44.5 Å². The normalized spacial score (nSPS) is 16.8. The van der Waals surface area contributed by atoms with Crippen LogP contribution in [0.25, 0.3) is 0 Å². The van der Waals surface area contributed by atoms with Gasteiger partial charge in [0.25, 0.3) is 0 Å². The Morgan fingerprint density at radius 3 is 2.48 bits per heavy atom. The van der Waals surface area contributed by atoms with Gasteiger partial charge < -0.3 is 14.8 Å². The smallest absolute Gasteiger partial charge is 0.246 e. The average Bonchev–Trinajstić information content (AvgIpc) is 2.86. The van der Waals surface area contributed by atoms with E-state index in [2.05, 4.69) is 32.2 Å². The van der Waals surface area contributed by atoms with Crippen molar-refractivity contribution >= 4 is 17.0 Å². The van der Waals surface area contributed by atoms with E-state index in [-0.39, 0.29) is 6.04 Å². The Morgan fingerprint density at radius 2 is 1.81 bits per heavy atom. The number of anilines is 1. The molecule has 0 spiro atoms. The fourth-order valence-electron chi connectivity index (χ4n) is 2.72. The lowest BCUT2D eigenvalue weighted by molar-refractivity contribution is -0.0431. The summed E-state index contributed by atoms with van der Waals surface area (Å²) in [6.07, 6.45) is 0. The Hall–Kier alpha value is -1.68. The van der Waals surface area contributed by atoms with E-state index in [1.807, 2.05) is 43.4 Å². The van der Waals surface area contributed by atoms with Crippen molar-refractivity contribution in [3.8, 4) is 11.5 Å². The number of fused-ring (bicyclic) bond motifs is 1. The highest BCUT2D eigenvalue weighted by Crippen LogP contribution is 2.41. The number of hydrogen-bond donors (Lipinski definition) is 1. The third-order valence-electron chi connectivity index (χ3n) is 3.58. The minimum atomic E-state index is -0.576. The maximum atomic E-state index is 5.79. The van der Waals surface area contributed by atoms with Crippen LogP contribution in [0.3, 0.4) is 0 Å². The maximum Gasteiger partial charge on any atom is 0.246 e. The molecule has 1 aromatic carbocycles. The Labute approximate surface area is 129 Å². The number of benzene rings is 1. The zero-order chi connectivity index (χ0) is 15.2. The summed E-state index contributed by atoms with van der Waals surface area (Å²) in [5.41, 5.74) is 2.40. The standard InChI is InChI=1S/C17H21NO2S/c1-10-8-14(12(3)21-10)11(2)18-13-6-7-15-16(9-13)20-17(4,5)19-15/h6-9,11,18H,1-5H3. The summed E-state index contributed by atoms with van der Waals surface area (Å²) in [6, 6.07) is 8.53. The van der Waals surface area contributed by atoms with Crippen molar-refractivity contribution in [3.63, 3.8) is 0 Å². The van der Waals surface area contributed by atoms with Gasteiger partial charge in [-0.15, -0.1) is 11.3 Å². The number of nitrogens with one attached hydrogen (secondary N) is 1. The van der Waals surface area contributed by atoms with Gasteiger partial charge in [0.2, 0.25) is 5.79 Å². The number of hydrogen-bond acceptors (Lipinski definition) is 4. The van der Waals surface area contributed by atoms with Crippen LogP contribution < -0.4 is 14.8 Å². The van der Waals surface area contributed by atoms with Crippen molar-refractivity contribution in [3.05, 3.63) is 39.6 Å². The predicted molar refractivity (Wildman–Crippen MR) is 87.6 cm³/mol. The van der Waals surface area contributed by atoms with E-state index in [1.165, 1.54) is 15.3 Å². The molecule has 1 N–H and O–H groups in total. The number of rotatable bonds is 3. The molecule has 1 aromatic heterocycles. The van der Waals surface area contributed by atoms with Gasteiger partial charge in [0.1, 0.15) is 0 Å². The van der Waals surface area contributed by atoms with Crippen LogP contribution in [0.1, 0.15) is 42.1 Å². The molecule has 0 bridgehead atoms. The summed E-state index contributed by atoms with van der Waals surface area (Å²) in [5, 5.41) is 3.54. The van der Waals surface area contributed by atoms with Crippen LogP contribution in [0.15, 0.2) is 24.3 Å². The topological polar surface area (TPSA) is 30.5 Å². The van der Waals surface area contributed by atoms with Gasteiger partial charge in [0.15, 0.2) is 11.5 Å². The second kappa shape index (κ2) is 4.95. The molecule has 0 amide bonds. The fraction of sp³-hybridized carbons (Fsp3) is 0.412. The van der Waals surface area contributed by atoms with E-state index in [9.17, 15) is 0 Å². The van der Waals surface area contributed by atoms with Gasteiger partial charge in [-0.1, -0.05) is 0 Å². The molecule has 1 unspecified atom stereocenters. The van der Waals surface area contributed by atoms with Crippen LogP contribution in [-0.2, 0) is 0 Å². The molecule has 1 aliphatic rings. The first kappa shape index (κ1) is 14.3. The molecule has 2 heterocycles. The van der Waals surface area contributed by atoms with Crippen molar-refractivity contribution in [2.24, 2.45) is 0 Å². The summed E-state index contributed by atoms with van der Waals surface area (Å²) in [6.45, 7) is 10.3. The minimum absolute atomic E-state index is 0.267. The highest BCUT2D eigenvalue weighted by molar-refractivity contribution is 7.12. The second-order valence-corrected chi connectivity index (χ2v) is 7.46. The van der Waals surface area contributed by atoms with Crippen molar-refractivity contribution < 1.29 is 9.47 Å². The molecule has 3 rings (SSSR count). The molecule has 2 aromatic rings. The Morgan fingerprint density at radius 1 is 1.10 bits per heavy atom. The number of thiophene rings is 1. The lowest BCUT2D eigenvalue weighted by Gasteiger charge is -2.16. The van der Waals surface area contributed by atoms with Gasteiger partial charge >= 0.3 is 0 Å². The molecule has 0 fully saturated rings. The molecule has 3 nitrogen and oxygen atoms in total. The van der Waals surface area contributed by atoms with Gasteiger partial charge in [-0.2, -0.15) is 0 Å². The van der Waals surface area contributed by atoms with Crippen molar-refractivity contribution in [2.45, 2.75) is 46.4 Å². The van der Waals surface area contributed by atoms with Crippen LogP contribution in [0.4, 0.5) is 5.69 Å². The molecule has 1 atom stereocenters. The van der Waals surface area contributed by atoms with Crippen LogP contribution in [-0.4, -0.2) is 5.79 Å². The van der Waals surface area contributed by atoms with Crippen LogP contribution in [0.2, 0.25) is 0 Å². The summed E-state index contributed by atoms with van der Waals surface area (Å²) in [5.74, 6) is 1.03. The molecular weight excluding hydrogens is 282 g/mol. The largest absolute Gasteiger partial charge is 0.449 e. The molecule has 0 aliphatic carbocycles. The van der Waals surface area contributed by atoms with E-state index in [1.54, 1.807) is 0 Å². The molecule has 0 saturated heterocycles. The number of ether oxygens (including phenoxy) is 2. The SMILES string of the molecule is Cc1cc(C(C)Nc2ccc3c(c2)OC(C)(C)O3)c(C)s1. The summed E-state index contributed by atoms with van der Waals surface area (Å²) in [7, 11) is 0. The zero-order valence-electron chi connectivity index (χ0n) is 13.1. The van der Waals surface area contributed by atoms with E-state index in [0.717, 1.165) is 17.2 Å². The van der Waals surface area contributed by atoms with Crippen LogP contribution >= 0.6 is 11.3 Å².